The Balaban J connectivity index is 1.43. The normalized spacial score (nSPS) is 29.8. The van der Waals surface area contributed by atoms with Crippen LogP contribution < -0.4 is 4.90 Å². The molecule has 138 valence electrons. The summed E-state index contributed by atoms with van der Waals surface area (Å²) in [4.78, 5) is 21.9. The van der Waals surface area contributed by atoms with E-state index in [1.165, 1.54) is 24.0 Å². The number of aliphatic imine (C=N–C) groups is 1. The summed E-state index contributed by atoms with van der Waals surface area (Å²) in [6.07, 6.45) is 5.84. The SMILES string of the molecule is Cc1ccc(N2C=NC(=O)C23CC2CCC(C3)N2Cc2ccccc2)cc1. The van der Waals surface area contributed by atoms with Gasteiger partial charge in [-0.15, -0.1) is 0 Å². The van der Waals surface area contributed by atoms with Gasteiger partial charge in [-0.05, 0) is 50.3 Å². The number of aryl methyl sites for hydroxylation is 1. The number of piperidine rings is 1. The van der Waals surface area contributed by atoms with Crippen LogP contribution in [0.15, 0.2) is 59.6 Å². The van der Waals surface area contributed by atoms with E-state index in [2.05, 4.69) is 76.3 Å². The molecule has 3 aliphatic rings. The minimum absolute atomic E-state index is 0.0411. The van der Waals surface area contributed by atoms with Crippen LogP contribution in [0.1, 0.15) is 36.8 Å². The molecule has 2 unspecified atom stereocenters. The average molecular weight is 359 g/mol. The number of carbonyl (C=O) groups is 1. The molecule has 2 bridgehead atoms. The van der Waals surface area contributed by atoms with Crippen LogP contribution in [-0.4, -0.2) is 34.8 Å². The van der Waals surface area contributed by atoms with E-state index in [9.17, 15) is 4.79 Å². The molecule has 4 heteroatoms. The number of hydrogen-bond acceptors (Lipinski definition) is 3. The van der Waals surface area contributed by atoms with Gasteiger partial charge in [0.25, 0.3) is 5.91 Å². The predicted octanol–water partition coefficient (Wildman–Crippen LogP) is 3.94. The van der Waals surface area contributed by atoms with E-state index in [1.54, 1.807) is 6.34 Å². The standard InChI is InChI=1S/C23H25N3O/c1-17-7-9-19(10-8-17)26-16-24-22(27)23(26)13-20-11-12-21(14-23)25(20)15-18-5-3-2-4-6-18/h2-10,16,20-21H,11-15H2,1H3. The van der Waals surface area contributed by atoms with Gasteiger partial charge in [-0.1, -0.05) is 48.0 Å². The van der Waals surface area contributed by atoms with Crippen LogP contribution in [0.3, 0.4) is 0 Å². The summed E-state index contributed by atoms with van der Waals surface area (Å²) in [6.45, 7) is 3.07. The molecule has 4 nitrogen and oxygen atoms in total. The summed E-state index contributed by atoms with van der Waals surface area (Å²) < 4.78 is 0. The van der Waals surface area contributed by atoms with Crippen molar-refractivity contribution in [2.75, 3.05) is 4.90 Å². The maximum Gasteiger partial charge on any atom is 0.273 e. The number of carbonyl (C=O) groups excluding carboxylic acids is 1. The molecule has 0 N–H and O–H groups in total. The second-order valence-corrected chi connectivity index (χ2v) is 8.24. The zero-order valence-electron chi connectivity index (χ0n) is 15.7. The monoisotopic (exact) mass is 359 g/mol. The van der Waals surface area contributed by atoms with Gasteiger partial charge in [0.1, 0.15) is 5.54 Å². The fourth-order valence-electron chi connectivity index (χ4n) is 5.20. The summed E-state index contributed by atoms with van der Waals surface area (Å²) in [5, 5.41) is 0. The zero-order chi connectivity index (χ0) is 18.4. The highest BCUT2D eigenvalue weighted by Gasteiger charge is 2.56. The van der Waals surface area contributed by atoms with Crippen molar-refractivity contribution in [3.63, 3.8) is 0 Å². The van der Waals surface area contributed by atoms with Gasteiger partial charge in [0.2, 0.25) is 0 Å². The number of rotatable bonds is 3. The maximum atomic E-state index is 12.9. The molecule has 2 aromatic rings. The fourth-order valence-corrected chi connectivity index (χ4v) is 5.20. The molecule has 27 heavy (non-hydrogen) atoms. The lowest BCUT2D eigenvalue weighted by Crippen LogP contribution is -2.60. The van der Waals surface area contributed by atoms with Crippen LogP contribution in [0.25, 0.3) is 0 Å². The average Bonchev–Trinajstić information content (AvgIpc) is 3.10. The summed E-state index contributed by atoms with van der Waals surface area (Å²) in [6, 6.07) is 20.0. The van der Waals surface area contributed by atoms with Gasteiger partial charge in [-0.3, -0.25) is 9.69 Å². The maximum absolute atomic E-state index is 12.9. The van der Waals surface area contributed by atoms with Gasteiger partial charge in [0, 0.05) is 24.3 Å². The summed E-state index contributed by atoms with van der Waals surface area (Å²) in [5.74, 6) is 0.0411. The van der Waals surface area contributed by atoms with Crippen molar-refractivity contribution in [3.8, 4) is 0 Å². The van der Waals surface area contributed by atoms with Crippen molar-refractivity contribution in [2.24, 2.45) is 4.99 Å². The molecule has 3 heterocycles. The number of nitrogens with zero attached hydrogens (tertiary/aromatic N) is 3. The number of fused-ring (bicyclic) bond motifs is 2. The van der Waals surface area contributed by atoms with Gasteiger partial charge >= 0.3 is 0 Å². The topological polar surface area (TPSA) is 35.9 Å². The molecular formula is C23H25N3O. The Labute approximate surface area is 160 Å². The molecule has 5 rings (SSSR count). The first-order valence-corrected chi connectivity index (χ1v) is 9.90. The van der Waals surface area contributed by atoms with Crippen LogP contribution in [0.5, 0.6) is 0 Å². The molecule has 2 fully saturated rings. The first kappa shape index (κ1) is 16.7. The lowest BCUT2D eigenvalue weighted by molar-refractivity contribution is -0.124. The van der Waals surface area contributed by atoms with E-state index in [-0.39, 0.29) is 5.91 Å². The molecule has 0 radical (unpaired) electrons. The smallest absolute Gasteiger partial charge is 0.273 e. The van der Waals surface area contributed by atoms with Gasteiger partial charge in [0.05, 0.1) is 6.34 Å². The minimum Gasteiger partial charge on any atom is -0.317 e. The minimum atomic E-state index is -0.492. The van der Waals surface area contributed by atoms with Crippen molar-refractivity contribution in [1.29, 1.82) is 0 Å². The van der Waals surface area contributed by atoms with Crippen molar-refractivity contribution in [1.82, 2.24) is 4.90 Å². The number of hydrogen-bond donors (Lipinski definition) is 0. The van der Waals surface area contributed by atoms with Gasteiger partial charge in [0.15, 0.2) is 0 Å². The Morgan fingerprint density at radius 3 is 2.33 bits per heavy atom. The highest BCUT2D eigenvalue weighted by Crippen LogP contribution is 2.47. The summed E-state index contributed by atoms with van der Waals surface area (Å²) in [7, 11) is 0. The Morgan fingerprint density at radius 2 is 1.67 bits per heavy atom. The molecule has 0 aliphatic carbocycles. The van der Waals surface area contributed by atoms with Gasteiger partial charge in [-0.25, -0.2) is 4.99 Å². The molecule has 1 spiro atoms. The molecular weight excluding hydrogens is 334 g/mol. The third-order valence-corrected chi connectivity index (χ3v) is 6.59. The highest BCUT2D eigenvalue weighted by atomic mass is 16.2. The van der Waals surface area contributed by atoms with Crippen LogP contribution in [0.4, 0.5) is 5.69 Å². The first-order valence-electron chi connectivity index (χ1n) is 9.90. The van der Waals surface area contributed by atoms with Crippen LogP contribution >= 0.6 is 0 Å². The van der Waals surface area contributed by atoms with E-state index in [0.717, 1.165) is 25.1 Å². The Hall–Kier alpha value is -2.46. The van der Waals surface area contributed by atoms with Crippen LogP contribution in [-0.2, 0) is 11.3 Å². The van der Waals surface area contributed by atoms with Crippen molar-refractivity contribution in [3.05, 3.63) is 65.7 Å². The number of anilines is 1. The van der Waals surface area contributed by atoms with Crippen LogP contribution in [0.2, 0.25) is 0 Å². The Bertz CT molecular complexity index is 860. The molecule has 3 aliphatic heterocycles. The predicted molar refractivity (Wildman–Crippen MR) is 108 cm³/mol. The van der Waals surface area contributed by atoms with Crippen molar-refractivity contribution in [2.45, 2.75) is 56.8 Å². The van der Waals surface area contributed by atoms with Crippen LogP contribution in [0, 0.1) is 6.92 Å². The van der Waals surface area contributed by atoms with E-state index in [1.807, 2.05) is 0 Å². The van der Waals surface area contributed by atoms with E-state index in [0.29, 0.717) is 12.1 Å². The largest absolute Gasteiger partial charge is 0.317 e. The lowest BCUT2D eigenvalue weighted by atomic mass is 9.80. The molecule has 1 amide bonds. The molecule has 0 saturated carbocycles. The number of amides is 1. The van der Waals surface area contributed by atoms with Gasteiger partial charge < -0.3 is 4.90 Å². The molecule has 2 atom stereocenters. The van der Waals surface area contributed by atoms with E-state index in [4.69, 9.17) is 0 Å². The Morgan fingerprint density at radius 1 is 1.00 bits per heavy atom. The molecule has 0 aromatic heterocycles. The molecule has 2 aromatic carbocycles. The highest BCUT2D eigenvalue weighted by molar-refractivity contribution is 6.08. The quantitative estimate of drug-likeness (QED) is 0.833. The summed E-state index contributed by atoms with van der Waals surface area (Å²) >= 11 is 0. The van der Waals surface area contributed by atoms with E-state index < -0.39 is 5.54 Å². The van der Waals surface area contributed by atoms with Crippen molar-refractivity contribution >= 4 is 17.9 Å². The van der Waals surface area contributed by atoms with E-state index >= 15 is 0 Å². The molecule has 2 saturated heterocycles. The number of benzene rings is 2. The summed E-state index contributed by atoms with van der Waals surface area (Å²) in [5.41, 5.74) is 3.17. The van der Waals surface area contributed by atoms with Crippen molar-refractivity contribution < 1.29 is 4.79 Å². The lowest BCUT2D eigenvalue weighted by Gasteiger charge is -2.47. The second-order valence-electron chi connectivity index (χ2n) is 8.24. The second kappa shape index (κ2) is 6.31. The fraction of sp³-hybridized carbons (Fsp3) is 0.391. The third-order valence-electron chi connectivity index (χ3n) is 6.59. The third kappa shape index (κ3) is 2.71. The van der Waals surface area contributed by atoms with Gasteiger partial charge in [-0.2, -0.15) is 0 Å². The zero-order valence-corrected chi connectivity index (χ0v) is 15.7. The Kier molecular flexibility index (Phi) is 3.90. The first-order chi connectivity index (χ1) is 13.2.